The Morgan fingerprint density at radius 1 is 1.21 bits per heavy atom. The molecule has 1 aliphatic rings. The third-order valence-electron chi connectivity index (χ3n) is 5.16. The first kappa shape index (κ1) is 20.0. The van der Waals surface area contributed by atoms with Gasteiger partial charge in [0, 0.05) is 11.1 Å². The monoisotopic (exact) mass is 427 g/mol. The number of nitrogens with one attached hydrogen (secondary N) is 1. The van der Waals surface area contributed by atoms with E-state index in [4.69, 9.17) is 16.6 Å². The van der Waals surface area contributed by atoms with E-state index in [1.165, 1.54) is 16.3 Å². The zero-order chi connectivity index (χ0) is 20.4. The molecule has 29 heavy (non-hydrogen) atoms. The van der Waals surface area contributed by atoms with Gasteiger partial charge >= 0.3 is 0 Å². The molecule has 3 aromatic rings. The highest BCUT2D eigenvalue weighted by Gasteiger charge is 2.23. The lowest BCUT2D eigenvalue weighted by atomic mass is 10.2. The van der Waals surface area contributed by atoms with E-state index in [1.807, 2.05) is 31.2 Å². The van der Waals surface area contributed by atoms with Crippen molar-refractivity contribution in [3.63, 3.8) is 0 Å². The van der Waals surface area contributed by atoms with Crippen LogP contribution in [0.25, 0.3) is 16.6 Å². The van der Waals surface area contributed by atoms with E-state index in [9.17, 15) is 9.59 Å². The number of halogens is 1. The molecule has 7 heteroatoms. The highest BCUT2D eigenvalue weighted by Crippen LogP contribution is 2.27. The Hall–Kier alpha value is -2.31. The van der Waals surface area contributed by atoms with Gasteiger partial charge in [0.05, 0.1) is 21.8 Å². The Bertz CT molecular complexity index is 1110. The summed E-state index contributed by atoms with van der Waals surface area (Å²) < 4.78 is 1.54. The van der Waals surface area contributed by atoms with Gasteiger partial charge < -0.3 is 5.32 Å². The molecule has 2 aromatic carbocycles. The zero-order valence-corrected chi connectivity index (χ0v) is 17.7. The minimum atomic E-state index is -0.380. The van der Waals surface area contributed by atoms with Crippen LogP contribution in [0.2, 0.25) is 5.02 Å². The van der Waals surface area contributed by atoms with E-state index >= 15 is 0 Å². The van der Waals surface area contributed by atoms with Crippen LogP contribution in [0.5, 0.6) is 0 Å². The number of thioether (sulfide) groups is 1. The van der Waals surface area contributed by atoms with Gasteiger partial charge in [-0.25, -0.2) is 4.98 Å². The number of benzene rings is 2. The lowest BCUT2D eigenvalue weighted by Crippen LogP contribution is -2.38. The van der Waals surface area contributed by atoms with Crippen LogP contribution in [0.4, 0.5) is 0 Å². The minimum Gasteiger partial charge on any atom is -0.352 e. The maximum absolute atomic E-state index is 13.3. The van der Waals surface area contributed by atoms with Crippen LogP contribution in [0.3, 0.4) is 0 Å². The molecule has 1 aliphatic carbocycles. The summed E-state index contributed by atoms with van der Waals surface area (Å²) in [5, 5.41) is 4.28. The molecule has 0 spiro atoms. The molecule has 0 radical (unpaired) electrons. The molecule has 1 heterocycles. The van der Waals surface area contributed by atoms with Gasteiger partial charge in [-0.15, -0.1) is 0 Å². The van der Waals surface area contributed by atoms with E-state index in [0.717, 1.165) is 25.7 Å². The first-order chi connectivity index (χ1) is 14.0. The number of carbonyl (C=O) groups is 1. The molecule has 5 nitrogen and oxygen atoms in total. The normalized spacial score (nSPS) is 15.5. The van der Waals surface area contributed by atoms with Crippen molar-refractivity contribution < 1.29 is 4.79 Å². The number of para-hydroxylation sites is 1. The van der Waals surface area contributed by atoms with Crippen molar-refractivity contribution in [1.29, 1.82) is 0 Å². The Morgan fingerprint density at radius 3 is 2.72 bits per heavy atom. The third kappa shape index (κ3) is 4.33. The van der Waals surface area contributed by atoms with Crippen molar-refractivity contribution in [2.45, 2.75) is 49.1 Å². The third-order valence-corrected chi connectivity index (χ3v) is 6.45. The lowest BCUT2D eigenvalue weighted by Gasteiger charge is -2.18. The minimum absolute atomic E-state index is 0.0260. The molecule has 1 amide bonds. The van der Waals surface area contributed by atoms with Gasteiger partial charge in [0.15, 0.2) is 5.16 Å². The van der Waals surface area contributed by atoms with Crippen LogP contribution >= 0.6 is 23.4 Å². The molecule has 4 rings (SSSR count). The second-order valence-electron chi connectivity index (χ2n) is 7.28. The van der Waals surface area contributed by atoms with Gasteiger partial charge in [-0.2, -0.15) is 0 Å². The molecular formula is C22H22ClN3O2S. The van der Waals surface area contributed by atoms with Crippen molar-refractivity contribution in [3.05, 3.63) is 63.9 Å². The molecule has 1 aromatic heterocycles. The summed E-state index contributed by atoms with van der Waals surface area (Å²) >= 11 is 7.45. The standard InChI is InChI=1S/C22H22ClN3O2S/c1-14(20(27)24-16-8-2-3-9-16)29-22-25-19-12-5-4-11-18(19)21(28)26(22)17-10-6-7-15(23)13-17/h4-7,10-14,16H,2-3,8-9H2,1H3,(H,24,27). The number of fused-ring (bicyclic) bond motifs is 1. The molecule has 1 atom stereocenters. The molecule has 1 unspecified atom stereocenters. The van der Waals surface area contributed by atoms with Crippen molar-refractivity contribution in [3.8, 4) is 5.69 Å². The molecule has 150 valence electrons. The molecular weight excluding hydrogens is 406 g/mol. The van der Waals surface area contributed by atoms with Gasteiger partial charge in [0.1, 0.15) is 0 Å². The molecule has 1 N–H and O–H groups in total. The summed E-state index contributed by atoms with van der Waals surface area (Å²) in [5.74, 6) is -0.0260. The van der Waals surface area contributed by atoms with E-state index in [1.54, 1.807) is 24.3 Å². The van der Waals surface area contributed by atoms with E-state index in [2.05, 4.69) is 5.32 Å². The summed E-state index contributed by atoms with van der Waals surface area (Å²) in [6, 6.07) is 14.6. The largest absolute Gasteiger partial charge is 0.352 e. The number of nitrogens with zero attached hydrogens (tertiary/aromatic N) is 2. The van der Waals surface area contributed by atoms with Gasteiger partial charge in [0.2, 0.25) is 5.91 Å². The summed E-state index contributed by atoms with van der Waals surface area (Å²) in [5.41, 5.74) is 1.07. The van der Waals surface area contributed by atoms with Crippen molar-refractivity contribution in [2.75, 3.05) is 0 Å². The van der Waals surface area contributed by atoms with Gasteiger partial charge in [-0.3, -0.25) is 14.2 Å². The number of aromatic nitrogens is 2. The van der Waals surface area contributed by atoms with Crippen molar-refractivity contribution >= 4 is 40.2 Å². The second kappa shape index (κ2) is 8.59. The summed E-state index contributed by atoms with van der Waals surface area (Å²) in [7, 11) is 0. The van der Waals surface area contributed by atoms with Gasteiger partial charge in [0.25, 0.3) is 5.56 Å². The Balaban J connectivity index is 1.73. The Labute approximate surface area is 178 Å². The van der Waals surface area contributed by atoms with Crippen LogP contribution in [-0.4, -0.2) is 26.8 Å². The van der Waals surface area contributed by atoms with E-state index in [-0.39, 0.29) is 22.8 Å². The molecule has 0 saturated heterocycles. The summed E-state index contributed by atoms with van der Waals surface area (Å²) in [6.45, 7) is 1.85. The van der Waals surface area contributed by atoms with Crippen LogP contribution < -0.4 is 10.9 Å². The number of carbonyl (C=O) groups excluding carboxylic acids is 1. The Morgan fingerprint density at radius 2 is 1.97 bits per heavy atom. The first-order valence-electron chi connectivity index (χ1n) is 9.78. The van der Waals surface area contributed by atoms with Crippen LogP contribution in [0.1, 0.15) is 32.6 Å². The maximum Gasteiger partial charge on any atom is 0.266 e. The molecule has 1 saturated carbocycles. The quantitative estimate of drug-likeness (QED) is 0.478. The highest BCUT2D eigenvalue weighted by atomic mass is 35.5. The summed E-state index contributed by atoms with van der Waals surface area (Å²) in [4.78, 5) is 30.6. The number of hydrogen-bond donors (Lipinski definition) is 1. The number of hydrogen-bond acceptors (Lipinski definition) is 4. The van der Waals surface area contributed by atoms with Crippen LogP contribution in [0.15, 0.2) is 58.5 Å². The fourth-order valence-corrected chi connectivity index (χ4v) is 4.76. The van der Waals surface area contributed by atoms with Crippen molar-refractivity contribution in [1.82, 2.24) is 14.9 Å². The smallest absolute Gasteiger partial charge is 0.266 e. The highest BCUT2D eigenvalue weighted by molar-refractivity contribution is 8.00. The predicted molar refractivity (Wildman–Crippen MR) is 118 cm³/mol. The number of rotatable bonds is 5. The predicted octanol–water partition coefficient (Wildman–Crippen LogP) is 4.58. The van der Waals surface area contributed by atoms with Crippen molar-refractivity contribution in [2.24, 2.45) is 0 Å². The maximum atomic E-state index is 13.3. The fraction of sp³-hybridized carbons (Fsp3) is 0.318. The average molecular weight is 428 g/mol. The zero-order valence-electron chi connectivity index (χ0n) is 16.1. The topological polar surface area (TPSA) is 64.0 Å². The van der Waals surface area contributed by atoms with Gasteiger partial charge in [-0.05, 0) is 50.1 Å². The van der Waals surface area contributed by atoms with Crippen LogP contribution in [0, 0.1) is 0 Å². The molecule has 1 fully saturated rings. The lowest BCUT2D eigenvalue weighted by molar-refractivity contribution is -0.120. The number of amides is 1. The second-order valence-corrected chi connectivity index (χ2v) is 9.03. The molecule has 0 aliphatic heterocycles. The van der Waals surface area contributed by atoms with E-state index < -0.39 is 0 Å². The Kier molecular flexibility index (Phi) is 5.92. The SMILES string of the molecule is CC(Sc1nc2ccccc2c(=O)n1-c1cccc(Cl)c1)C(=O)NC1CCCC1. The fourth-order valence-electron chi connectivity index (χ4n) is 3.63. The molecule has 0 bridgehead atoms. The van der Waals surface area contributed by atoms with Gasteiger partial charge in [-0.1, -0.05) is 54.4 Å². The summed E-state index contributed by atoms with van der Waals surface area (Å²) in [6.07, 6.45) is 4.38. The average Bonchev–Trinajstić information content (AvgIpc) is 3.21. The van der Waals surface area contributed by atoms with Crippen LogP contribution in [-0.2, 0) is 4.79 Å². The first-order valence-corrected chi connectivity index (χ1v) is 11.0. The van der Waals surface area contributed by atoms with E-state index in [0.29, 0.717) is 26.8 Å².